The smallest absolute Gasteiger partial charge is 0.0319 e. The van der Waals surface area contributed by atoms with Crippen molar-refractivity contribution >= 4 is 6.21 Å². The van der Waals surface area contributed by atoms with E-state index >= 15 is 0 Å². The molecule has 0 aliphatic carbocycles. The number of nitrogens with zero attached hydrogens (tertiary/aromatic N) is 1. The lowest BCUT2D eigenvalue weighted by molar-refractivity contribution is 0.399. The van der Waals surface area contributed by atoms with Gasteiger partial charge in [-0.15, -0.1) is 0 Å². The number of rotatable bonds is 0. The second-order valence-electron chi connectivity index (χ2n) is 0.516. The van der Waals surface area contributed by atoms with Crippen LogP contribution in [0, 0.1) is 0 Å². The van der Waals surface area contributed by atoms with Crippen LogP contribution in [0.4, 0.5) is 0 Å². The highest BCUT2D eigenvalue weighted by atomic mass is 16.2. The zero-order valence-electron chi connectivity index (χ0n) is 10.5. The predicted octanol–water partition coefficient (Wildman–Crippen LogP) is 3.39. The molecule has 0 spiro atoms. The fraction of sp³-hybridized carbons (Fsp3) is 0.900. The topological polar surface area (TPSA) is 32.6 Å². The Kier molecular flexibility index (Phi) is 924. The van der Waals surface area contributed by atoms with E-state index < -0.39 is 0 Å². The minimum Gasteiger partial charge on any atom is -0.400 e. The Hall–Kier alpha value is -0.370. The highest BCUT2D eigenvalue weighted by Crippen LogP contribution is 1.39. The summed E-state index contributed by atoms with van der Waals surface area (Å²) in [4.78, 5) is 3.61. The summed E-state index contributed by atoms with van der Waals surface area (Å²) in [6.07, 6.45) is 1.75. The molecule has 0 atom stereocenters. The van der Waals surface area contributed by atoms with Gasteiger partial charge in [-0.1, -0.05) is 41.5 Å². The predicted molar refractivity (Wildman–Crippen MR) is 62.3 cm³/mol. The Morgan fingerprint density at radius 1 is 0.833 bits per heavy atom. The van der Waals surface area contributed by atoms with Gasteiger partial charge >= 0.3 is 0 Å². The van der Waals surface area contributed by atoms with Gasteiger partial charge in [0.15, 0.2) is 0 Å². The zero-order valence-corrected chi connectivity index (χ0v) is 10.5. The minimum absolute atomic E-state index is 1.00. The molecule has 0 saturated carbocycles. The Morgan fingerprint density at radius 3 is 0.917 bits per heavy atom. The summed E-state index contributed by atoms with van der Waals surface area (Å²) in [5.74, 6) is 0. The molecule has 0 saturated heterocycles. The molecule has 0 aromatic rings. The van der Waals surface area contributed by atoms with E-state index in [9.17, 15) is 0 Å². The van der Waals surface area contributed by atoms with Crippen molar-refractivity contribution in [1.29, 1.82) is 0 Å². The Labute approximate surface area is 79.7 Å². The van der Waals surface area contributed by atoms with Crippen molar-refractivity contribution in [3.63, 3.8) is 0 Å². The molecule has 0 aromatic heterocycles. The molecule has 0 amide bonds. The fourth-order valence-electron chi connectivity index (χ4n) is 0. The molecule has 0 aromatic carbocycles. The number of hydrogen-bond donors (Lipinski definition) is 1. The van der Waals surface area contributed by atoms with Crippen LogP contribution in [0.3, 0.4) is 0 Å². The van der Waals surface area contributed by atoms with Gasteiger partial charge in [0.05, 0.1) is 0 Å². The second kappa shape index (κ2) is 371. The van der Waals surface area contributed by atoms with Crippen molar-refractivity contribution in [1.82, 2.24) is 0 Å². The first-order valence-corrected chi connectivity index (χ1v) is 4.73. The molecule has 0 bridgehead atoms. The van der Waals surface area contributed by atoms with Gasteiger partial charge in [-0.05, 0) is 13.1 Å². The molecule has 1 N–H and O–H groups in total. The third-order valence-corrected chi connectivity index (χ3v) is 0.258. The van der Waals surface area contributed by atoms with Crippen LogP contribution < -0.4 is 0 Å². The third-order valence-electron chi connectivity index (χ3n) is 0.258. The van der Waals surface area contributed by atoms with Crippen LogP contribution >= 0.6 is 0 Å². The lowest BCUT2D eigenvalue weighted by Gasteiger charge is -1.53. The van der Waals surface area contributed by atoms with E-state index in [0.29, 0.717) is 0 Å². The molecule has 2 nitrogen and oxygen atoms in total. The zero-order chi connectivity index (χ0) is 11.4. The summed E-state index contributed by atoms with van der Waals surface area (Å²) < 4.78 is 0. The molecule has 0 aliphatic rings. The van der Waals surface area contributed by atoms with Crippen LogP contribution in [0.25, 0.3) is 0 Å². The van der Waals surface area contributed by atoms with Crippen molar-refractivity contribution in [2.75, 3.05) is 14.2 Å². The van der Waals surface area contributed by atoms with E-state index in [4.69, 9.17) is 5.11 Å². The summed E-state index contributed by atoms with van der Waals surface area (Å²) >= 11 is 0. The molecule has 12 heavy (non-hydrogen) atoms. The van der Waals surface area contributed by atoms with Gasteiger partial charge < -0.3 is 10.1 Å². The molecule has 0 unspecified atom stereocenters. The molecule has 0 heterocycles. The van der Waals surface area contributed by atoms with Gasteiger partial charge in [0, 0.05) is 14.2 Å². The molecule has 2 heteroatoms. The van der Waals surface area contributed by atoms with E-state index in [-0.39, 0.29) is 0 Å². The van der Waals surface area contributed by atoms with E-state index in [1.54, 1.807) is 13.3 Å². The van der Waals surface area contributed by atoms with E-state index in [2.05, 4.69) is 4.99 Å². The van der Waals surface area contributed by atoms with Crippen LogP contribution in [0.1, 0.15) is 48.5 Å². The molecule has 0 radical (unpaired) electrons. The maximum atomic E-state index is 7.00. The average Bonchev–Trinajstić information content (AvgIpc) is 2.29. The first-order valence-electron chi connectivity index (χ1n) is 4.73. The largest absolute Gasteiger partial charge is 0.400 e. The molecule has 0 rings (SSSR count). The van der Waals surface area contributed by atoms with Crippen LogP contribution in [0.5, 0.6) is 0 Å². The van der Waals surface area contributed by atoms with E-state index in [1.165, 1.54) is 0 Å². The van der Waals surface area contributed by atoms with Crippen molar-refractivity contribution in [2.45, 2.75) is 48.5 Å². The molecular formula is C10H29NO. The van der Waals surface area contributed by atoms with Crippen LogP contribution in [0.15, 0.2) is 4.99 Å². The second-order valence-corrected chi connectivity index (χ2v) is 0.516. The monoisotopic (exact) mass is 179 g/mol. The molecule has 0 fully saturated rings. The highest BCUT2D eigenvalue weighted by molar-refractivity contribution is 5.52. The summed E-state index contributed by atoms with van der Waals surface area (Å²) in [5, 5.41) is 7.00. The Morgan fingerprint density at radius 2 is 0.917 bits per heavy atom. The van der Waals surface area contributed by atoms with E-state index in [0.717, 1.165) is 7.11 Å². The highest BCUT2D eigenvalue weighted by Gasteiger charge is 1.32. The maximum Gasteiger partial charge on any atom is 0.0319 e. The van der Waals surface area contributed by atoms with Crippen molar-refractivity contribution in [3.05, 3.63) is 0 Å². The SMILES string of the molecule is CC.CC.CC.CC=NC.CO. The first kappa shape index (κ1) is 29.9. The van der Waals surface area contributed by atoms with Crippen LogP contribution in [-0.4, -0.2) is 25.5 Å². The molecular weight excluding hydrogens is 150 g/mol. The lowest BCUT2D eigenvalue weighted by Crippen LogP contribution is -1.47. The van der Waals surface area contributed by atoms with Gasteiger partial charge in [-0.25, -0.2) is 0 Å². The molecule has 80 valence electrons. The maximum absolute atomic E-state index is 7.00. The van der Waals surface area contributed by atoms with Gasteiger partial charge in [0.25, 0.3) is 0 Å². The summed E-state index contributed by atoms with van der Waals surface area (Å²) in [7, 11) is 2.75. The van der Waals surface area contributed by atoms with Crippen LogP contribution in [0.2, 0.25) is 0 Å². The number of aliphatic hydroxyl groups excluding tert-OH is 1. The van der Waals surface area contributed by atoms with E-state index in [1.807, 2.05) is 48.5 Å². The van der Waals surface area contributed by atoms with Crippen molar-refractivity contribution < 1.29 is 5.11 Å². The fourth-order valence-corrected chi connectivity index (χ4v) is 0. The van der Waals surface area contributed by atoms with Crippen LogP contribution in [-0.2, 0) is 0 Å². The normalized spacial score (nSPS) is 5.17. The number of hydrogen-bond acceptors (Lipinski definition) is 2. The minimum atomic E-state index is 1.00. The summed E-state index contributed by atoms with van der Waals surface area (Å²) in [5.41, 5.74) is 0. The quantitative estimate of drug-likeness (QED) is 0.568. The number of aliphatic imine (C=N–C) groups is 1. The lowest BCUT2D eigenvalue weighted by atomic mass is 10.9. The van der Waals surface area contributed by atoms with Gasteiger partial charge in [0.2, 0.25) is 0 Å². The molecule has 0 aliphatic heterocycles. The standard InChI is InChI=1S/C3H7N.3C2H6.CH4O/c1-3-4-2;4*1-2/h3H,1-2H3;3*1-2H3;2H,1H3. The first-order chi connectivity index (χ1) is 5.91. The van der Waals surface area contributed by atoms with Gasteiger partial charge in [-0.3, -0.25) is 0 Å². The average molecular weight is 179 g/mol. The van der Waals surface area contributed by atoms with Crippen molar-refractivity contribution in [3.8, 4) is 0 Å². The van der Waals surface area contributed by atoms with Crippen molar-refractivity contribution in [2.24, 2.45) is 4.99 Å². The Bertz CT molecular complexity index is 25.0. The summed E-state index contributed by atoms with van der Waals surface area (Å²) in [6.45, 7) is 13.9. The third kappa shape index (κ3) is 1810. The van der Waals surface area contributed by atoms with Gasteiger partial charge in [0.1, 0.15) is 0 Å². The number of aliphatic hydroxyl groups is 1. The summed E-state index contributed by atoms with van der Waals surface area (Å²) in [6, 6.07) is 0. The van der Waals surface area contributed by atoms with Gasteiger partial charge in [-0.2, -0.15) is 0 Å². The Balaban J connectivity index is -0.0000000181.